The molecule has 1 aliphatic heterocycles. The van der Waals surface area contributed by atoms with Gasteiger partial charge in [0, 0.05) is 25.9 Å². The number of para-hydroxylation sites is 1. The van der Waals surface area contributed by atoms with E-state index in [0.29, 0.717) is 38.2 Å². The number of amides is 1. The van der Waals surface area contributed by atoms with E-state index in [1.807, 2.05) is 39.0 Å². The lowest BCUT2D eigenvalue weighted by Gasteiger charge is -2.39. The van der Waals surface area contributed by atoms with Gasteiger partial charge in [-0.1, -0.05) is 32.0 Å². The van der Waals surface area contributed by atoms with Gasteiger partial charge in [-0.05, 0) is 31.6 Å². The van der Waals surface area contributed by atoms with Gasteiger partial charge in [0.25, 0.3) is 0 Å². The van der Waals surface area contributed by atoms with Gasteiger partial charge in [0.05, 0.1) is 6.54 Å². The van der Waals surface area contributed by atoms with Crippen molar-refractivity contribution in [1.29, 1.82) is 0 Å². The standard InChI is InChI=1S/C19H28N2O4/c1-4-20(5-2)14-17(22)21-12-10-19(11-13-21,18(23)24)25-16-9-7-6-8-15(16)3/h6-9H,4-5,10-14H2,1-3H3,(H,23,24). The fourth-order valence-corrected chi connectivity index (χ4v) is 3.10. The molecule has 1 fully saturated rings. The minimum Gasteiger partial charge on any atom is -0.478 e. The van der Waals surface area contributed by atoms with Crippen molar-refractivity contribution in [2.45, 2.75) is 39.2 Å². The Morgan fingerprint density at radius 3 is 2.32 bits per heavy atom. The van der Waals surface area contributed by atoms with Crippen LogP contribution in [0.3, 0.4) is 0 Å². The van der Waals surface area contributed by atoms with E-state index in [1.165, 1.54) is 0 Å². The van der Waals surface area contributed by atoms with Crippen LogP contribution in [0.5, 0.6) is 5.75 Å². The van der Waals surface area contributed by atoms with Gasteiger partial charge in [-0.25, -0.2) is 4.79 Å². The molecule has 0 bridgehead atoms. The monoisotopic (exact) mass is 348 g/mol. The number of hydrogen-bond acceptors (Lipinski definition) is 4. The maximum atomic E-state index is 12.4. The van der Waals surface area contributed by atoms with E-state index in [2.05, 4.69) is 4.90 Å². The van der Waals surface area contributed by atoms with Crippen molar-refractivity contribution in [2.75, 3.05) is 32.7 Å². The zero-order valence-corrected chi connectivity index (χ0v) is 15.3. The first kappa shape index (κ1) is 19.2. The number of likely N-dealkylation sites (tertiary alicyclic amines) is 1. The minimum atomic E-state index is -1.27. The van der Waals surface area contributed by atoms with E-state index in [-0.39, 0.29) is 5.91 Å². The summed E-state index contributed by atoms with van der Waals surface area (Å²) in [4.78, 5) is 28.1. The fraction of sp³-hybridized carbons (Fsp3) is 0.579. The number of nitrogens with zero attached hydrogens (tertiary/aromatic N) is 2. The van der Waals surface area contributed by atoms with Gasteiger partial charge in [-0.3, -0.25) is 9.69 Å². The molecule has 6 heteroatoms. The van der Waals surface area contributed by atoms with Crippen molar-refractivity contribution in [3.8, 4) is 5.75 Å². The van der Waals surface area contributed by atoms with Crippen LogP contribution in [0.1, 0.15) is 32.3 Å². The van der Waals surface area contributed by atoms with E-state index in [0.717, 1.165) is 18.7 Å². The van der Waals surface area contributed by atoms with Crippen molar-refractivity contribution in [1.82, 2.24) is 9.80 Å². The largest absolute Gasteiger partial charge is 0.478 e. The number of carbonyl (C=O) groups is 2. The molecule has 1 saturated heterocycles. The highest BCUT2D eigenvalue weighted by Crippen LogP contribution is 2.31. The summed E-state index contributed by atoms with van der Waals surface area (Å²) in [6.45, 7) is 8.78. The van der Waals surface area contributed by atoms with Crippen LogP contribution in [-0.4, -0.2) is 65.1 Å². The SMILES string of the molecule is CCN(CC)CC(=O)N1CCC(Oc2ccccc2C)(C(=O)O)CC1. The predicted molar refractivity (Wildman–Crippen MR) is 95.8 cm³/mol. The van der Waals surface area contributed by atoms with Gasteiger partial charge >= 0.3 is 5.97 Å². The summed E-state index contributed by atoms with van der Waals surface area (Å²) >= 11 is 0. The summed E-state index contributed by atoms with van der Waals surface area (Å²) in [5.41, 5.74) is -0.360. The number of carboxylic acids is 1. The topological polar surface area (TPSA) is 70.1 Å². The predicted octanol–water partition coefficient (Wildman–Crippen LogP) is 2.16. The molecule has 1 aromatic carbocycles. The molecule has 1 aliphatic rings. The molecule has 6 nitrogen and oxygen atoms in total. The van der Waals surface area contributed by atoms with E-state index in [4.69, 9.17) is 4.74 Å². The Morgan fingerprint density at radius 1 is 1.20 bits per heavy atom. The van der Waals surface area contributed by atoms with E-state index in [1.54, 1.807) is 11.0 Å². The molecule has 0 spiro atoms. The number of carbonyl (C=O) groups excluding carboxylic acids is 1. The average Bonchev–Trinajstić information content (AvgIpc) is 2.61. The van der Waals surface area contributed by atoms with E-state index in [9.17, 15) is 14.7 Å². The number of aryl methyl sites for hydroxylation is 1. The fourth-order valence-electron chi connectivity index (χ4n) is 3.10. The Hall–Kier alpha value is -2.08. The molecule has 1 N–H and O–H groups in total. The summed E-state index contributed by atoms with van der Waals surface area (Å²) in [5.74, 6) is -0.321. The van der Waals surface area contributed by atoms with Crippen molar-refractivity contribution in [2.24, 2.45) is 0 Å². The number of piperidine rings is 1. The molecule has 25 heavy (non-hydrogen) atoms. The van der Waals surface area contributed by atoms with Crippen LogP contribution >= 0.6 is 0 Å². The van der Waals surface area contributed by atoms with E-state index >= 15 is 0 Å². The number of hydrogen-bond donors (Lipinski definition) is 1. The molecular formula is C19H28N2O4. The number of benzene rings is 1. The molecule has 1 heterocycles. The smallest absolute Gasteiger partial charge is 0.348 e. The Labute approximate surface area is 149 Å². The summed E-state index contributed by atoms with van der Waals surface area (Å²) in [5, 5.41) is 9.75. The highest BCUT2D eigenvalue weighted by atomic mass is 16.5. The maximum Gasteiger partial charge on any atom is 0.348 e. The second-order valence-electron chi connectivity index (χ2n) is 6.51. The van der Waals surface area contributed by atoms with Crippen molar-refractivity contribution in [3.05, 3.63) is 29.8 Å². The lowest BCUT2D eigenvalue weighted by atomic mass is 9.90. The molecule has 0 unspecified atom stereocenters. The summed E-state index contributed by atoms with van der Waals surface area (Å²) in [7, 11) is 0. The zero-order chi connectivity index (χ0) is 18.4. The van der Waals surface area contributed by atoms with Gasteiger partial charge in [0.15, 0.2) is 0 Å². The lowest BCUT2D eigenvalue weighted by molar-refractivity contribution is -0.162. The zero-order valence-electron chi connectivity index (χ0n) is 15.3. The number of aliphatic carboxylic acids is 1. The van der Waals surface area contributed by atoms with Gasteiger partial charge in [0.2, 0.25) is 11.5 Å². The minimum absolute atomic E-state index is 0.0542. The van der Waals surface area contributed by atoms with E-state index < -0.39 is 11.6 Å². The summed E-state index contributed by atoms with van der Waals surface area (Å²) in [6, 6.07) is 7.41. The highest BCUT2D eigenvalue weighted by Gasteiger charge is 2.45. The maximum absolute atomic E-state index is 12.4. The first-order valence-corrected chi connectivity index (χ1v) is 8.90. The summed E-state index contributed by atoms with van der Waals surface area (Å²) in [6.07, 6.45) is 0.585. The van der Waals surface area contributed by atoms with Crippen molar-refractivity contribution < 1.29 is 19.4 Å². The van der Waals surface area contributed by atoms with Crippen LogP contribution in [0, 0.1) is 6.92 Å². The van der Waals surface area contributed by atoms with Crippen LogP contribution in [0.2, 0.25) is 0 Å². The Balaban J connectivity index is 2.04. The Bertz CT molecular complexity index is 605. The van der Waals surface area contributed by atoms with Crippen LogP contribution in [-0.2, 0) is 9.59 Å². The quantitative estimate of drug-likeness (QED) is 0.818. The molecule has 0 radical (unpaired) electrons. The second kappa shape index (κ2) is 8.34. The molecular weight excluding hydrogens is 320 g/mol. The lowest BCUT2D eigenvalue weighted by Crippen LogP contribution is -2.55. The normalized spacial score (nSPS) is 16.7. The molecule has 138 valence electrons. The molecule has 0 atom stereocenters. The van der Waals surface area contributed by atoms with Crippen LogP contribution < -0.4 is 4.74 Å². The third kappa shape index (κ3) is 4.51. The first-order chi connectivity index (χ1) is 11.9. The van der Waals surface area contributed by atoms with Crippen molar-refractivity contribution in [3.63, 3.8) is 0 Å². The number of carboxylic acid groups (broad SMARTS) is 1. The van der Waals surface area contributed by atoms with Gasteiger partial charge in [-0.15, -0.1) is 0 Å². The Kier molecular flexibility index (Phi) is 6.42. The van der Waals surface area contributed by atoms with Gasteiger partial charge < -0.3 is 14.7 Å². The Morgan fingerprint density at radius 2 is 1.80 bits per heavy atom. The molecule has 1 amide bonds. The number of rotatable bonds is 7. The van der Waals surface area contributed by atoms with Crippen LogP contribution in [0.4, 0.5) is 0 Å². The molecule has 1 aromatic rings. The second-order valence-corrected chi connectivity index (χ2v) is 6.51. The number of ether oxygens (including phenoxy) is 1. The third-order valence-electron chi connectivity index (χ3n) is 4.97. The van der Waals surface area contributed by atoms with Crippen LogP contribution in [0.25, 0.3) is 0 Å². The van der Waals surface area contributed by atoms with Crippen LogP contribution in [0.15, 0.2) is 24.3 Å². The molecule has 2 rings (SSSR count). The van der Waals surface area contributed by atoms with Gasteiger partial charge in [0.1, 0.15) is 5.75 Å². The highest BCUT2D eigenvalue weighted by molar-refractivity contribution is 5.81. The average molecular weight is 348 g/mol. The van der Waals surface area contributed by atoms with Gasteiger partial charge in [-0.2, -0.15) is 0 Å². The third-order valence-corrected chi connectivity index (χ3v) is 4.97. The molecule has 0 saturated carbocycles. The molecule has 0 aromatic heterocycles. The van der Waals surface area contributed by atoms with Crippen molar-refractivity contribution >= 4 is 11.9 Å². The summed E-state index contributed by atoms with van der Waals surface area (Å²) < 4.78 is 5.94. The first-order valence-electron chi connectivity index (χ1n) is 8.90. The number of likely N-dealkylation sites (N-methyl/N-ethyl adjacent to an activating group) is 1. The molecule has 0 aliphatic carbocycles.